The highest BCUT2D eigenvalue weighted by Gasteiger charge is 2.10. The SMILES string of the molecule is CC(C)(C)Nc1ccc2c(ccn2-c2cccnc2)c1. The fraction of sp³-hybridized carbons (Fsp3) is 0.235. The molecular weight excluding hydrogens is 246 g/mol. The number of fused-ring (bicyclic) bond motifs is 1. The Kier molecular flexibility index (Phi) is 2.97. The predicted octanol–water partition coefficient (Wildman–Crippen LogP) is 4.24. The number of anilines is 1. The fourth-order valence-electron chi connectivity index (χ4n) is 2.37. The minimum atomic E-state index is 0.0690. The molecule has 3 rings (SSSR count). The Morgan fingerprint density at radius 2 is 1.95 bits per heavy atom. The van der Waals surface area contributed by atoms with Crippen molar-refractivity contribution in [2.45, 2.75) is 26.3 Å². The Morgan fingerprint density at radius 1 is 1.10 bits per heavy atom. The molecule has 2 heterocycles. The third-order valence-electron chi connectivity index (χ3n) is 3.13. The molecule has 1 N–H and O–H groups in total. The third kappa shape index (κ3) is 2.52. The van der Waals surface area contributed by atoms with Crippen LogP contribution in [0.5, 0.6) is 0 Å². The lowest BCUT2D eigenvalue weighted by molar-refractivity contribution is 0.634. The largest absolute Gasteiger partial charge is 0.380 e. The van der Waals surface area contributed by atoms with Crippen LogP contribution in [0, 0.1) is 0 Å². The average Bonchev–Trinajstić information content (AvgIpc) is 2.81. The normalized spacial score (nSPS) is 11.8. The first kappa shape index (κ1) is 12.7. The predicted molar refractivity (Wildman–Crippen MR) is 84.4 cm³/mol. The van der Waals surface area contributed by atoms with E-state index in [9.17, 15) is 0 Å². The molecule has 0 atom stereocenters. The third-order valence-corrected chi connectivity index (χ3v) is 3.13. The van der Waals surface area contributed by atoms with Crippen molar-refractivity contribution >= 4 is 16.6 Å². The number of pyridine rings is 1. The smallest absolute Gasteiger partial charge is 0.0639 e. The zero-order valence-corrected chi connectivity index (χ0v) is 12.1. The Labute approximate surface area is 119 Å². The summed E-state index contributed by atoms with van der Waals surface area (Å²) < 4.78 is 2.16. The quantitative estimate of drug-likeness (QED) is 0.751. The molecule has 0 aliphatic heterocycles. The van der Waals surface area contributed by atoms with E-state index in [0.29, 0.717) is 0 Å². The van der Waals surface area contributed by atoms with E-state index in [1.54, 1.807) is 6.20 Å². The van der Waals surface area contributed by atoms with E-state index < -0.39 is 0 Å². The van der Waals surface area contributed by atoms with Crippen molar-refractivity contribution in [3.8, 4) is 5.69 Å². The molecule has 0 radical (unpaired) electrons. The number of rotatable bonds is 2. The highest BCUT2D eigenvalue weighted by molar-refractivity contribution is 5.85. The van der Waals surface area contributed by atoms with E-state index in [1.807, 2.05) is 12.3 Å². The van der Waals surface area contributed by atoms with Crippen LogP contribution in [0.4, 0.5) is 5.69 Å². The topological polar surface area (TPSA) is 29.9 Å². The fourth-order valence-corrected chi connectivity index (χ4v) is 2.37. The van der Waals surface area contributed by atoms with Gasteiger partial charge < -0.3 is 9.88 Å². The molecule has 0 bridgehead atoms. The Bertz CT molecular complexity index is 721. The molecule has 0 spiro atoms. The van der Waals surface area contributed by atoms with Gasteiger partial charge in [0.05, 0.1) is 17.4 Å². The summed E-state index contributed by atoms with van der Waals surface area (Å²) in [5, 5.41) is 4.73. The van der Waals surface area contributed by atoms with Gasteiger partial charge in [-0.3, -0.25) is 4.98 Å². The summed E-state index contributed by atoms with van der Waals surface area (Å²) in [6.45, 7) is 6.49. The van der Waals surface area contributed by atoms with Crippen LogP contribution in [-0.4, -0.2) is 15.1 Å². The summed E-state index contributed by atoms with van der Waals surface area (Å²) in [5.74, 6) is 0. The van der Waals surface area contributed by atoms with E-state index in [0.717, 1.165) is 11.4 Å². The molecule has 0 saturated carbocycles. The number of nitrogens with one attached hydrogen (secondary N) is 1. The van der Waals surface area contributed by atoms with Crippen LogP contribution >= 0.6 is 0 Å². The van der Waals surface area contributed by atoms with Gasteiger partial charge in [-0.15, -0.1) is 0 Å². The molecule has 20 heavy (non-hydrogen) atoms. The van der Waals surface area contributed by atoms with Gasteiger partial charge in [0.25, 0.3) is 0 Å². The molecule has 0 aliphatic carbocycles. The number of nitrogens with zero attached hydrogens (tertiary/aromatic N) is 2. The second-order valence-corrected chi connectivity index (χ2v) is 6.05. The van der Waals surface area contributed by atoms with Crippen LogP contribution in [0.3, 0.4) is 0 Å². The summed E-state index contributed by atoms with van der Waals surface area (Å²) in [5.41, 5.74) is 3.49. The minimum absolute atomic E-state index is 0.0690. The molecular formula is C17H19N3. The van der Waals surface area contributed by atoms with Crippen molar-refractivity contribution in [3.05, 3.63) is 55.0 Å². The summed E-state index contributed by atoms with van der Waals surface area (Å²) in [4.78, 5) is 4.18. The van der Waals surface area contributed by atoms with Crippen LogP contribution in [0.2, 0.25) is 0 Å². The maximum Gasteiger partial charge on any atom is 0.0639 e. The van der Waals surface area contributed by atoms with Gasteiger partial charge in [-0.05, 0) is 57.2 Å². The molecule has 3 nitrogen and oxygen atoms in total. The maximum atomic E-state index is 4.18. The highest BCUT2D eigenvalue weighted by Crippen LogP contribution is 2.24. The molecule has 2 aromatic heterocycles. The van der Waals surface area contributed by atoms with Gasteiger partial charge in [0, 0.05) is 29.0 Å². The first-order valence-electron chi connectivity index (χ1n) is 6.83. The molecule has 3 aromatic rings. The molecule has 102 valence electrons. The van der Waals surface area contributed by atoms with Gasteiger partial charge in [0.1, 0.15) is 0 Å². The monoisotopic (exact) mass is 265 g/mol. The first-order chi connectivity index (χ1) is 9.53. The van der Waals surface area contributed by atoms with Crippen molar-refractivity contribution in [1.29, 1.82) is 0 Å². The van der Waals surface area contributed by atoms with Gasteiger partial charge in [-0.25, -0.2) is 0 Å². The van der Waals surface area contributed by atoms with E-state index >= 15 is 0 Å². The molecule has 0 saturated heterocycles. The second-order valence-electron chi connectivity index (χ2n) is 6.05. The van der Waals surface area contributed by atoms with E-state index in [1.165, 1.54) is 10.9 Å². The number of aromatic nitrogens is 2. The highest BCUT2D eigenvalue weighted by atomic mass is 15.0. The lowest BCUT2D eigenvalue weighted by Crippen LogP contribution is -2.25. The molecule has 0 aliphatic rings. The number of hydrogen-bond acceptors (Lipinski definition) is 2. The lowest BCUT2D eigenvalue weighted by Gasteiger charge is -2.22. The molecule has 1 aromatic carbocycles. The Hall–Kier alpha value is -2.29. The van der Waals surface area contributed by atoms with Gasteiger partial charge in [-0.2, -0.15) is 0 Å². The zero-order chi connectivity index (χ0) is 14.2. The summed E-state index contributed by atoms with van der Waals surface area (Å²) in [7, 11) is 0. The Balaban J connectivity index is 2.03. The molecule has 0 amide bonds. The maximum absolute atomic E-state index is 4.18. The van der Waals surface area contributed by atoms with Gasteiger partial charge in [0.15, 0.2) is 0 Å². The number of hydrogen-bond donors (Lipinski definition) is 1. The van der Waals surface area contributed by atoms with Gasteiger partial charge >= 0.3 is 0 Å². The van der Waals surface area contributed by atoms with Crippen LogP contribution in [0.1, 0.15) is 20.8 Å². The second kappa shape index (κ2) is 4.67. The molecule has 3 heteroatoms. The van der Waals surface area contributed by atoms with E-state index in [2.05, 4.69) is 72.2 Å². The zero-order valence-electron chi connectivity index (χ0n) is 12.1. The Morgan fingerprint density at radius 3 is 2.65 bits per heavy atom. The van der Waals surface area contributed by atoms with Crippen LogP contribution in [0.25, 0.3) is 16.6 Å². The van der Waals surface area contributed by atoms with Gasteiger partial charge in [-0.1, -0.05) is 0 Å². The van der Waals surface area contributed by atoms with E-state index in [-0.39, 0.29) is 5.54 Å². The van der Waals surface area contributed by atoms with Crippen LogP contribution < -0.4 is 5.32 Å². The summed E-state index contributed by atoms with van der Waals surface area (Å²) in [6, 6.07) is 12.6. The van der Waals surface area contributed by atoms with Crippen molar-refractivity contribution in [2.24, 2.45) is 0 Å². The van der Waals surface area contributed by atoms with Crippen LogP contribution in [0.15, 0.2) is 55.0 Å². The summed E-state index contributed by atoms with van der Waals surface area (Å²) in [6.07, 6.45) is 5.75. The van der Waals surface area contributed by atoms with E-state index in [4.69, 9.17) is 0 Å². The summed E-state index contributed by atoms with van der Waals surface area (Å²) >= 11 is 0. The van der Waals surface area contributed by atoms with Crippen molar-refractivity contribution in [1.82, 2.24) is 9.55 Å². The van der Waals surface area contributed by atoms with Crippen molar-refractivity contribution in [3.63, 3.8) is 0 Å². The molecule has 0 fully saturated rings. The average molecular weight is 265 g/mol. The lowest BCUT2D eigenvalue weighted by atomic mass is 10.1. The van der Waals surface area contributed by atoms with Crippen molar-refractivity contribution in [2.75, 3.05) is 5.32 Å². The van der Waals surface area contributed by atoms with Crippen LogP contribution in [-0.2, 0) is 0 Å². The van der Waals surface area contributed by atoms with Gasteiger partial charge in [0.2, 0.25) is 0 Å². The standard InChI is InChI=1S/C17H19N3/c1-17(2,3)19-14-6-7-16-13(11-14)8-10-20(16)15-5-4-9-18-12-15/h4-12,19H,1-3H3. The van der Waals surface area contributed by atoms with Crippen molar-refractivity contribution < 1.29 is 0 Å². The number of benzene rings is 1. The first-order valence-corrected chi connectivity index (χ1v) is 6.83. The minimum Gasteiger partial charge on any atom is -0.380 e. The molecule has 0 unspecified atom stereocenters.